The molecule has 1 heterocycles. The Morgan fingerprint density at radius 1 is 1.18 bits per heavy atom. The van der Waals surface area contributed by atoms with Crippen LogP contribution in [0.5, 0.6) is 0 Å². The number of hydrogen-bond donors (Lipinski definition) is 0. The van der Waals surface area contributed by atoms with Gasteiger partial charge in [-0.3, -0.25) is 10.1 Å². The molecule has 1 aromatic rings. The number of rotatable bonds is 2. The molecule has 0 amide bonds. The van der Waals surface area contributed by atoms with Crippen LogP contribution in [-0.4, -0.2) is 17.0 Å². The molecule has 0 radical (unpaired) electrons. The summed E-state index contributed by atoms with van der Waals surface area (Å²) in [6, 6.07) is 7.31. The van der Waals surface area contributed by atoms with E-state index in [0.29, 0.717) is 29.8 Å². The Balaban J connectivity index is 1.46. The fourth-order valence-electron chi connectivity index (χ4n) is 5.13. The summed E-state index contributed by atoms with van der Waals surface area (Å²) in [6.45, 7) is 0. The number of non-ortho nitro benzene ring substituents is 1. The predicted octanol–water partition coefficient (Wildman–Crippen LogP) is 3.36. The van der Waals surface area contributed by atoms with Gasteiger partial charge in [-0.15, -0.1) is 0 Å². The van der Waals surface area contributed by atoms with Gasteiger partial charge in [-0.05, 0) is 48.6 Å². The van der Waals surface area contributed by atoms with Crippen molar-refractivity contribution in [2.45, 2.75) is 24.9 Å². The van der Waals surface area contributed by atoms with Gasteiger partial charge < -0.3 is 0 Å². The van der Waals surface area contributed by atoms with Crippen LogP contribution in [-0.2, 0) is 0 Å². The van der Waals surface area contributed by atoms with Crippen LogP contribution in [0.15, 0.2) is 46.8 Å². The van der Waals surface area contributed by atoms with Crippen molar-refractivity contribution in [3.05, 3.63) is 46.5 Å². The normalized spacial score (nSPS) is 40.3. The van der Waals surface area contributed by atoms with E-state index in [-0.39, 0.29) is 10.6 Å². The molecule has 2 bridgehead atoms. The van der Waals surface area contributed by atoms with E-state index in [0.717, 1.165) is 11.6 Å². The van der Waals surface area contributed by atoms with Crippen molar-refractivity contribution in [3.63, 3.8) is 0 Å². The number of hydrogen-bond acceptors (Lipinski definition) is 5. The van der Waals surface area contributed by atoms with Crippen LogP contribution in [0.1, 0.15) is 12.8 Å². The molecular formula is C16H16N4O2. The summed E-state index contributed by atoms with van der Waals surface area (Å²) in [5.74, 6) is 2.71. The number of benzene rings is 1. The van der Waals surface area contributed by atoms with Crippen LogP contribution in [0.3, 0.4) is 0 Å². The summed E-state index contributed by atoms with van der Waals surface area (Å²) >= 11 is 0. The Hall–Kier alpha value is -2.24. The minimum atomic E-state index is -0.371. The molecule has 2 fully saturated rings. The van der Waals surface area contributed by atoms with Gasteiger partial charge in [0, 0.05) is 12.1 Å². The number of allylic oxidation sites excluding steroid dienone is 2. The molecule has 0 aromatic heterocycles. The van der Waals surface area contributed by atoms with E-state index in [9.17, 15) is 10.1 Å². The molecular weight excluding hydrogens is 280 g/mol. The molecule has 3 aliphatic carbocycles. The predicted molar refractivity (Wildman–Crippen MR) is 80.3 cm³/mol. The third-order valence-electron chi connectivity index (χ3n) is 5.97. The summed E-state index contributed by atoms with van der Waals surface area (Å²) in [6.07, 6.45) is 7.14. The van der Waals surface area contributed by atoms with Crippen molar-refractivity contribution in [3.8, 4) is 0 Å². The average molecular weight is 296 g/mol. The lowest BCUT2D eigenvalue weighted by Gasteiger charge is -2.35. The molecule has 22 heavy (non-hydrogen) atoms. The molecule has 6 nitrogen and oxygen atoms in total. The second-order valence-electron chi connectivity index (χ2n) is 6.77. The number of nitro benzene ring substituents is 1. The van der Waals surface area contributed by atoms with Crippen LogP contribution >= 0.6 is 0 Å². The first-order chi connectivity index (χ1) is 10.7. The maximum atomic E-state index is 10.8. The van der Waals surface area contributed by atoms with Crippen molar-refractivity contribution in [1.29, 1.82) is 0 Å². The Kier molecular flexibility index (Phi) is 2.32. The smallest absolute Gasteiger partial charge is 0.258 e. The lowest BCUT2D eigenvalue weighted by Crippen LogP contribution is -2.44. The first-order valence-corrected chi connectivity index (χ1v) is 7.85. The molecule has 1 aliphatic heterocycles. The van der Waals surface area contributed by atoms with E-state index in [1.807, 2.05) is 5.01 Å². The third-order valence-corrected chi connectivity index (χ3v) is 5.97. The fraction of sp³-hybridized carbons (Fsp3) is 0.500. The van der Waals surface area contributed by atoms with E-state index >= 15 is 0 Å². The molecule has 5 rings (SSSR count). The van der Waals surface area contributed by atoms with Crippen molar-refractivity contribution in [2.24, 2.45) is 34.0 Å². The van der Waals surface area contributed by atoms with Crippen LogP contribution in [0.4, 0.5) is 11.4 Å². The topological polar surface area (TPSA) is 71.1 Å². The summed E-state index contributed by atoms with van der Waals surface area (Å²) in [7, 11) is 0. The first-order valence-electron chi connectivity index (χ1n) is 7.85. The summed E-state index contributed by atoms with van der Waals surface area (Å²) in [5.41, 5.74) is 1.03. The molecule has 0 N–H and O–H groups in total. The highest BCUT2D eigenvalue weighted by Gasteiger charge is 2.61. The zero-order valence-electron chi connectivity index (χ0n) is 11.9. The van der Waals surface area contributed by atoms with Gasteiger partial charge in [0.2, 0.25) is 0 Å². The minimum Gasteiger partial charge on any atom is -0.258 e. The van der Waals surface area contributed by atoms with Crippen molar-refractivity contribution < 1.29 is 4.92 Å². The summed E-state index contributed by atoms with van der Waals surface area (Å²) in [4.78, 5) is 10.4. The van der Waals surface area contributed by atoms with Gasteiger partial charge >= 0.3 is 0 Å². The average Bonchev–Trinajstić information content (AvgIpc) is 3.25. The summed E-state index contributed by atoms with van der Waals surface area (Å²) < 4.78 is 0. The van der Waals surface area contributed by atoms with Crippen LogP contribution < -0.4 is 5.01 Å². The lowest BCUT2D eigenvalue weighted by molar-refractivity contribution is -0.384. The van der Waals surface area contributed by atoms with Gasteiger partial charge in [-0.1, -0.05) is 17.4 Å². The number of nitrogens with zero attached hydrogens (tertiary/aromatic N) is 4. The van der Waals surface area contributed by atoms with E-state index in [4.69, 9.17) is 0 Å². The Bertz CT molecular complexity index is 699. The van der Waals surface area contributed by atoms with Gasteiger partial charge in [-0.2, -0.15) is 5.11 Å². The van der Waals surface area contributed by atoms with Crippen molar-refractivity contribution >= 4 is 11.4 Å². The fourth-order valence-corrected chi connectivity index (χ4v) is 5.13. The third kappa shape index (κ3) is 1.44. The standard InChI is InChI=1S/C16H16N4O2/c21-20(22)10-6-4-9(5-7-10)19-16-14-8-13(15(16)17-18-19)11-2-1-3-12(11)14/h1-2,4-7,11-16H,3,8H2/t11-,12-,13+,14+,15-,16+/m0/s1. The molecule has 0 spiro atoms. The Morgan fingerprint density at radius 3 is 2.77 bits per heavy atom. The monoisotopic (exact) mass is 296 g/mol. The number of nitro groups is 1. The minimum absolute atomic E-state index is 0.115. The highest BCUT2D eigenvalue weighted by atomic mass is 16.6. The zero-order valence-corrected chi connectivity index (χ0v) is 11.9. The van der Waals surface area contributed by atoms with Gasteiger partial charge in [0.25, 0.3) is 5.69 Å². The molecule has 112 valence electrons. The summed E-state index contributed by atoms with van der Waals surface area (Å²) in [5, 5.41) is 21.7. The molecule has 0 saturated heterocycles. The molecule has 1 aromatic carbocycles. The lowest BCUT2D eigenvalue weighted by atomic mass is 9.76. The number of anilines is 1. The Morgan fingerprint density at radius 2 is 2.00 bits per heavy atom. The molecule has 4 aliphatic rings. The highest BCUT2D eigenvalue weighted by Crippen LogP contribution is 2.60. The van der Waals surface area contributed by atoms with E-state index in [1.165, 1.54) is 12.8 Å². The quantitative estimate of drug-likeness (QED) is 0.477. The first kappa shape index (κ1) is 12.3. The van der Waals surface area contributed by atoms with Crippen LogP contribution in [0, 0.1) is 33.8 Å². The van der Waals surface area contributed by atoms with Crippen molar-refractivity contribution in [1.82, 2.24) is 0 Å². The SMILES string of the molecule is O=[N+]([O-])c1ccc(N2N=N[C@H]3[C@@H]4C[C@H]([C@H]5CC=C[C@H]45)[C@H]32)cc1. The number of fused-ring (bicyclic) bond motifs is 8. The van der Waals surface area contributed by atoms with Gasteiger partial charge in [0.15, 0.2) is 0 Å². The molecule has 2 saturated carbocycles. The van der Waals surface area contributed by atoms with Crippen molar-refractivity contribution in [2.75, 3.05) is 5.01 Å². The second kappa shape index (κ2) is 4.15. The van der Waals surface area contributed by atoms with Gasteiger partial charge in [0.1, 0.15) is 0 Å². The zero-order chi connectivity index (χ0) is 14.8. The van der Waals surface area contributed by atoms with E-state index in [1.54, 1.807) is 24.3 Å². The van der Waals surface area contributed by atoms with Crippen LogP contribution in [0.2, 0.25) is 0 Å². The highest BCUT2D eigenvalue weighted by molar-refractivity contribution is 5.52. The van der Waals surface area contributed by atoms with Gasteiger partial charge in [-0.25, -0.2) is 5.01 Å². The maximum Gasteiger partial charge on any atom is 0.269 e. The molecule has 6 heteroatoms. The molecule has 6 atom stereocenters. The maximum absolute atomic E-state index is 10.8. The second-order valence-corrected chi connectivity index (χ2v) is 6.77. The van der Waals surface area contributed by atoms with E-state index in [2.05, 4.69) is 22.5 Å². The van der Waals surface area contributed by atoms with Gasteiger partial charge in [0.05, 0.1) is 22.7 Å². The Labute approximate surface area is 127 Å². The largest absolute Gasteiger partial charge is 0.269 e. The molecule has 0 unspecified atom stereocenters. The van der Waals surface area contributed by atoms with E-state index < -0.39 is 0 Å². The van der Waals surface area contributed by atoms with Crippen LogP contribution in [0.25, 0.3) is 0 Å².